The molecule has 0 saturated heterocycles. The summed E-state index contributed by atoms with van der Waals surface area (Å²) in [4.78, 5) is 30.3. The molecule has 52 heavy (non-hydrogen) atoms. The Balaban J connectivity index is 1.60. The summed E-state index contributed by atoms with van der Waals surface area (Å²) in [5.41, 5.74) is 2.93. The fraction of sp³-hybridized carbons (Fsp3) is 0.333. The molecule has 6 rings (SSSR count). The molecule has 0 fully saturated rings. The van der Waals surface area contributed by atoms with Crippen LogP contribution in [0.3, 0.4) is 0 Å². The molecule has 1 N–H and O–H groups in total. The Hall–Kier alpha value is -5.64. The highest BCUT2D eigenvalue weighted by Gasteiger charge is 2.38. The second kappa shape index (κ2) is 14.9. The Labute approximate surface area is 304 Å². The Morgan fingerprint density at radius 1 is 0.731 bits per heavy atom. The van der Waals surface area contributed by atoms with Gasteiger partial charge in [-0.3, -0.25) is 4.79 Å². The molecule has 1 aliphatic rings. The fourth-order valence-corrected chi connectivity index (χ4v) is 7.05. The van der Waals surface area contributed by atoms with Crippen LogP contribution in [0, 0.1) is 0 Å². The lowest BCUT2D eigenvalue weighted by Gasteiger charge is -2.40. The van der Waals surface area contributed by atoms with Gasteiger partial charge in [0.2, 0.25) is 5.91 Å². The average molecular weight is 707 g/mol. The van der Waals surface area contributed by atoms with Crippen molar-refractivity contribution in [2.24, 2.45) is 0 Å². The number of methoxy groups -OCH3 is 5. The van der Waals surface area contributed by atoms with Gasteiger partial charge in [0.15, 0.2) is 23.0 Å². The van der Waals surface area contributed by atoms with Gasteiger partial charge < -0.3 is 38.6 Å². The van der Waals surface area contributed by atoms with Crippen molar-refractivity contribution in [2.75, 3.05) is 42.1 Å². The molecular weight excluding hydrogens is 660 g/mol. The summed E-state index contributed by atoms with van der Waals surface area (Å²) in [5.74, 6) is 2.74. The first-order valence-electron chi connectivity index (χ1n) is 17.2. The van der Waals surface area contributed by atoms with E-state index in [0.717, 1.165) is 43.8 Å². The number of hydrogen-bond donors (Lipinski definition) is 1. The van der Waals surface area contributed by atoms with E-state index in [2.05, 4.69) is 11.4 Å². The molecule has 1 unspecified atom stereocenters. The number of carbonyl (C=O) groups excluding carboxylic acids is 2. The molecule has 1 aliphatic heterocycles. The van der Waals surface area contributed by atoms with Crippen LogP contribution in [0.25, 0.3) is 21.5 Å². The van der Waals surface area contributed by atoms with E-state index in [1.54, 1.807) is 56.3 Å². The molecule has 0 spiro atoms. The Bertz CT molecular complexity index is 2110. The van der Waals surface area contributed by atoms with Gasteiger partial charge in [-0.2, -0.15) is 0 Å². The number of benzene rings is 5. The molecule has 0 bridgehead atoms. The number of amides is 2. The second-order valence-electron chi connectivity index (χ2n) is 13.8. The van der Waals surface area contributed by atoms with Crippen LogP contribution in [0.5, 0.6) is 28.7 Å². The number of nitrogens with one attached hydrogen (secondary N) is 1. The smallest absolute Gasteiger partial charge is 0.408 e. The van der Waals surface area contributed by atoms with Crippen LogP contribution >= 0.6 is 0 Å². The molecule has 5 aromatic carbocycles. The van der Waals surface area contributed by atoms with Crippen LogP contribution in [-0.2, 0) is 22.4 Å². The van der Waals surface area contributed by atoms with Gasteiger partial charge in [-0.25, -0.2) is 4.79 Å². The minimum atomic E-state index is -0.924. The molecule has 1 heterocycles. The molecule has 0 radical (unpaired) electrons. The summed E-state index contributed by atoms with van der Waals surface area (Å²) in [6.45, 7) is 5.76. The molecule has 5 aromatic rings. The van der Waals surface area contributed by atoms with Crippen LogP contribution in [0.15, 0.2) is 78.9 Å². The standard InChI is InChI=1S/C42H46N2O8/c1-42(2,3)52-41(46)43-34(18-25-12-10-9-11-13-25)40(45)44-17-16-27-20-35(48-5)36(49-6)22-30(27)39(44)33-19-26-14-15-28(47-4)21-29(26)31-23-37(50-7)38(51-8)24-32(31)33/h9-15,19-24,34,39H,16-18H2,1-8H3,(H,43,46)/t34-,39?/m0/s1. The lowest BCUT2D eigenvalue weighted by molar-refractivity contribution is -0.135. The van der Waals surface area contributed by atoms with Crippen molar-refractivity contribution in [3.63, 3.8) is 0 Å². The van der Waals surface area contributed by atoms with Crippen molar-refractivity contribution >= 4 is 33.5 Å². The SMILES string of the molecule is COc1ccc2cc(C3c4cc(OC)c(OC)cc4CCN3C(=O)[C@H](Cc3ccccc3)NC(=O)OC(C)(C)C)c3cc(OC)c(OC)cc3c2c1. The maximum atomic E-state index is 15.1. The Kier molecular flexibility index (Phi) is 10.4. The van der Waals surface area contributed by atoms with Gasteiger partial charge in [0.1, 0.15) is 17.4 Å². The topological polar surface area (TPSA) is 105 Å². The molecule has 10 nitrogen and oxygen atoms in total. The molecular formula is C42H46N2O8. The zero-order valence-corrected chi connectivity index (χ0v) is 31.0. The number of alkyl carbamates (subject to hydrolysis) is 1. The monoisotopic (exact) mass is 706 g/mol. The zero-order chi connectivity index (χ0) is 37.2. The van der Waals surface area contributed by atoms with Crippen molar-refractivity contribution in [1.82, 2.24) is 10.2 Å². The van der Waals surface area contributed by atoms with Gasteiger partial charge in [-0.1, -0.05) is 36.4 Å². The third-order valence-electron chi connectivity index (χ3n) is 9.42. The summed E-state index contributed by atoms with van der Waals surface area (Å²) < 4.78 is 34.4. The van der Waals surface area contributed by atoms with E-state index in [-0.39, 0.29) is 12.3 Å². The number of hydrogen-bond acceptors (Lipinski definition) is 8. The van der Waals surface area contributed by atoms with E-state index < -0.39 is 23.8 Å². The third kappa shape index (κ3) is 7.24. The Morgan fingerprint density at radius 2 is 1.37 bits per heavy atom. The molecule has 0 aromatic heterocycles. The van der Waals surface area contributed by atoms with Crippen molar-refractivity contribution in [3.05, 3.63) is 101 Å². The fourth-order valence-electron chi connectivity index (χ4n) is 7.05. The highest BCUT2D eigenvalue weighted by Crippen LogP contribution is 2.47. The lowest BCUT2D eigenvalue weighted by Crippen LogP contribution is -2.53. The van der Waals surface area contributed by atoms with Gasteiger partial charge >= 0.3 is 6.09 Å². The van der Waals surface area contributed by atoms with Crippen molar-refractivity contribution in [2.45, 2.75) is 51.3 Å². The molecule has 2 atom stereocenters. The highest BCUT2D eigenvalue weighted by molar-refractivity contribution is 6.11. The molecule has 2 amide bonds. The number of nitrogens with zero attached hydrogens (tertiary/aromatic N) is 1. The predicted octanol–water partition coefficient (Wildman–Crippen LogP) is 7.65. The summed E-state index contributed by atoms with van der Waals surface area (Å²) in [6, 6.07) is 24.1. The first kappa shape index (κ1) is 36.2. The minimum Gasteiger partial charge on any atom is -0.497 e. The van der Waals surface area contributed by atoms with E-state index in [9.17, 15) is 4.79 Å². The summed E-state index contributed by atoms with van der Waals surface area (Å²) >= 11 is 0. The molecule has 10 heteroatoms. The van der Waals surface area contributed by atoms with Gasteiger partial charge in [0.25, 0.3) is 0 Å². The minimum absolute atomic E-state index is 0.247. The number of rotatable bonds is 10. The highest BCUT2D eigenvalue weighted by atomic mass is 16.6. The Morgan fingerprint density at radius 3 is 2.00 bits per heavy atom. The second-order valence-corrected chi connectivity index (χ2v) is 13.8. The average Bonchev–Trinajstić information content (AvgIpc) is 3.14. The van der Waals surface area contributed by atoms with Crippen molar-refractivity contribution in [3.8, 4) is 28.7 Å². The first-order chi connectivity index (χ1) is 25.0. The maximum absolute atomic E-state index is 15.1. The van der Waals surface area contributed by atoms with Crippen molar-refractivity contribution < 1.29 is 38.0 Å². The van der Waals surface area contributed by atoms with Gasteiger partial charge in [0.05, 0.1) is 41.6 Å². The summed E-state index contributed by atoms with van der Waals surface area (Å²) in [6.07, 6.45) is 0.163. The van der Waals surface area contributed by atoms with Gasteiger partial charge in [-0.05, 0) is 113 Å². The predicted molar refractivity (Wildman–Crippen MR) is 201 cm³/mol. The summed E-state index contributed by atoms with van der Waals surface area (Å²) in [7, 11) is 8.07. The van der Waals surface area contributed by atoms with Crippen LogP contribution in [-0.4, -0.2) is 70.6 Å². The van der Waals surface area contributed by atoms with Crippen LogP contribution < -0.4 is 29.0 Å². The van der Waals surface area contributed by atoms with E-state index in [4.69, 9.17) is 28.4 Å². The number of fused-ring (bicyclic) bond motifs is 4. The van der Waals surface area contributed by atoms with Gasteiger partial charge in [-0.15, -0.1) is 0 Å². The van der Waals surface area contributed by atoms with Crippen LogP contribution in [0.4, 0.5) is 4.79 Å². The third-order valence-corrected chi connectivity index (χ3v) is 9.42. The van der Waals surface area contributed by atoms with Gasteiger partial charge in [0, 0.05) is 13.0 Å². The molecule has 0 saturated carbocycles. The largest absolute Gasteiger partial charge is 0.497 e. The number of ether oxygens (including phenoxy) is 6. The quantitative estimate of drug-likeness (QED) is 0.148. The zero-order valence-electron chi connectivity index (χ0n) is 31.0. The summed E-state index contributed by atoms with van der Waals surface area (Å²) in [5, 5.41) is 6.59. The van der Waals surface area contributed by atoms with E-state index in [1.807, 2.05) is 77.7 Å². The van der Waals surface area contributed by atoms with E-state index in [1.165, 1.54) is 0 Å². The molecule has 0 aliphatic carbocycles. The number of carbonyl (C=O) groups is 2. The normalized spacial score (nSPS) is 14.7. The maximum Gasteiger partial charge on any atom is 0.408 e. The van der Waals surface area contributed by atoms with Crippen molar-refractivity contribution in [1.29, 1.82) is 0 Å². The lowest BCUT2D eigenvalue weighted by atomic mass is 9.83. The molecule has 272 valence electrons. The first-order valence-corrected chi connectivity index (χ1v) is 17.2. The van der Waals surface area contributed by atoms with Crippen LogP contribution in [0.2, 0.25) is 0 Å². The van der Waals surface area contributed by atoms with E-state index >= 15 is 4.79 Å². The van der Waals surface area contributed by atoms with Crippen LogP contribution in [0.1, 0.15) is 49.1 Å². The van der Waals surface area contributed by atoms with E-state index in [0.29, 0.717) is 41.7 Å².